The first-order chi connectivity index (χ1) is 31.3. The first-order valence-electron chi connectivity index (χ1n) is 20.3. The molecule has 0 atom stereocenters. The lowest BCUT2D eigenvalue weighted by atomic mass is 9.99. The summed E-state index contributed by atoms with van der Waals surface area (Å²) in [4.78, 5) is 20.5. The van der Waals surface area contributed by atoms with Gasteiger partial charge in [-0.05, 0) is 60.2 Å². The molecule has 5 N–H and O–H groups in total. The van der Waals surface area contributed by atoms with Crippen LogP contribution in [0.3, 0.4) is 0 Å². The van der Waals surface area contributed by atoms with Crippen molar-refractivity contribution in [3.05, 3.63) is 158 Å². The summed E-state index contributed by atoms with van der Waals surface area (Å²) < 4.78 is 5.39. The van der Waals surface area contributed by atoms with E-state index in [1.54, 1.807) is 34.8 Å². The van der Waals surface area contributed by atoms with Crippen LogP contribution in [0.2, 0.25) is 0 Å². The zero-order valence-corrected chi connectivity index (χ0v) is 34.9. The van der Waals surface area contributed by atoms with Gasteiger partial charge in [0.2, 0.25) is 17.2 Å². The van der Waals surface area contributed by atoms with Gasteiger partial charge >= 0.3 is 0 Å². The highest BCUT2D eigenvalue weighted by Gasteiger charge is 2.26. The lowest BCUT2D eigenvalue weighted by Crippen LogP contribution is -2.00. The van der Waals surface area contributed by atoms with Crippen molar-refractivity contribution in [3.63, 3.8) is 0 Å². The number of rotatable bonds is 6. The molecule has 0 aliphatic heterocycles. The van der Waals surface area contributed by atoms with E-state index in [-0.39, 0.29) is 5.56 Å². The summed E-state index contributed by atoms with van der Waals surface area (Å²) in [5, 5.41) is 57.2. The number of aromatic hydroxyl groups is 5. The largest absolute Gasteiger partial charge is 0.504 e. The van der Waals surface area contributed by atoms with Gasteiger partial charge in [-0.1, -0.05) is 103 Å². The van der Waals surface area contributed by atoms with Crippen molar-refractivity contribution in [2.45, 2.75) is 0 Å². The van der Waals surface area contributed by atoms with E-state index in [1.807, 2.05) is 103 Å². The molecule has 64 heavy (non-hydrogen) atoms. The van der Waals surface area contributed by atoms with Gasteiger partial charge in [-0.15, -0.1) is 22.7 Å². The fourth-order valence-electron chi connectivity index (χ4n) is 8.68. The van der Waals surface area contributed by atoms with Crippen LogP contribution < -0.4 is 0 Å². The molecule has 0 unspecified atom stereocenters. The van der Waals surface area contributed by atoms with Crippen LogP contribution in [0.4, 0.5) is 0 Å². The van der Waals surface area contributed by atoms with Gasteiger partial charge < -0.3 is 30.1 Å². The molecule has 306 valence electrons. The Labute approximate surface area is 371 Å². The molecule has 12 aromatic rings. The van der Waals surface area contributed by atoms with E-state index in [2.05, 4.69) is 47.0 Å². The number of aromatic nitrogens is 5. The normalized spacial score (nSPS) is 11.8. The minimum Gasteiger partial charge on any atom is -0.504 e. The van der Waals surface area contributed by atoms with E-state index < -0.39 is 28.7 Å². The third-order valence-corrected chi connectivity index (χ3v) is 13.9. The fourth-order valence-corrected chi connectivity index (χ4v) is 10.8. The Balaban J connectivity index is 1.07. The molecule has 12 rings (SSSR count). The second kappa shape index (κ2) is 14.4. The van der Waals surface area contributed by atoms with Crippen molar-refractivity contribution in [2.24, 2.45) is 0 Å². The average Bonchev–Trinajstić information content (AvgIpc) is 4.05. The van der Waals surface area contributed by atoms with Gasteiger partial charge in [0.1, 0.15) is 5.01 Å². The summed E-state index contributed by atoms with van der Waals surface area (Å²) in [6.45, 7) is 0. The predicted octanol–water partition coefficient (Wildman–Crippen LogP) is 12.8. The number of phenolic OH excluding ortho intramolecular Hbond substituents is 5. The van der Waals surface area contributed by atoms with Gasteiger partial charge in [0.15, 0.2) is 29.0 Å². The number of para-hydroxylation sites is 1. The standard InChI is InChI=1S/C52H31N5O5S2/c58-44-41(45(59)47(61)48(62)46(44)60)29-21-23-36-33(25-29)31-15-7-8-17-35(31)57(36)37-18-10-20-40-43(37)42-32(16-9-19-39(42)63-40)51-55-49(27-11-3-1-4-12-27)54-50(56-51)30-22-24-38-34(26-30)53-52(64-38)28-13-5-2-6-14-28/h1-26,58-62H. The summed E-state index contributed by atoms with van der Waals surface area (Å²) in [5.41, 5.74) is 7.24. The van der Waals surface area contributed by atoms with Crippen molar-refractivity contribution in [2.75, 3.05) is 0 Å². The molecule has 0 fully saturated rings. The number of nitrogens with zero attached hydrogens (tertiary/aromatic N) is 5. The Morgan fingerprint density at radius 1 is 0.391 bits per heavy atom. The van der Waals surface area contributed by atoms with Gasteiger partial charge in [0, 0.05) is 53.2 Å². The maximum atomic E-state index is 10.9. The molecule has 0 amide bonds. The van der Waals surface area contributed by atoms with Crippen LogP contribution in [0.5, 0.6) is 28.7 Å². The molecule has 0 aliphatic carbocycles. The number of hydrogen-bond donors (Lipinski definition) is 5. The highest BCUT2D eigenvalue weighted by Crippen LogP contribution is 2.55. The second-order valence-corrected chi connectivity index (χ2v) is 17.5. The van der Waals surface area contributed by atoms with Crippen molar-refractivity contribution in [1.29, 1.82) is 0 Å². The van der Waals surface area contributed by atoms with Crippen LogP contribution >= 0.6 is 22.7 Å². The Bertz CT molecular complexity index is 3840. The Kier molecular flexibility index (Phi) is 8.41. The Hall–Kier alpha value is -8.32. The Morgan fingerprint density at radius 3 is 1.77 bits per heavy atom. The van der Waals surface area contributed by atoms with Crippen LogP contribution in [0.25, 0.3) is 114 Å². The monoisotopic (exact) mass is 869 g/mol. The zero-order chi connectivity index (χ0) is 43.2. The van der Waals surface area contributed by atoms with Gasteiger partial charge in [-0.2, -0.15) is 0 Å². The molecule has 0 spiro atoms. The number of phenols is 5. The quantitative estimate of drug-likeness (QED) is 0.0810. The lowest BCUT2D eigenvalue weighted by Gasteiger charge is -2.14. The Morgan fingerprint density at radius 2 is 1.00 bits per heavy atom. The summed E-state index contributed by atoms with van der Waals surface area (Å²) in [6.07, 6.45) is 0. The topological polar surface area (TPSA) is 158 Å². The maximum Gasteiger partial charge on any atom is 0.208 e. The lowest BCUT2D eigenvalue weighted by molar-refractivity contribution is 0.330. The van der Waals surface area contributed by atoms with Gasteiger partial charge in [0.25, 0.3) is 0 Å². The van der Waals surface area contributed by atoms with E-state index in [9.17, 15) is 25.5 Å². The molecular weight excluding hydrogens is 839 g/mol. The third-order valence-electron chi connectivity index (χ3n) is 11.6. The van der Waals surface area contributed by atoms with E-state index in [1.165, 1.54) is 0 Å². The van der Waals surface area contributed by atoms with Gasteiger partial charge in [0.05, 0.1) is 32.5 Å². The third kappa shape index (κ3) is 5.77. The van der Waals surface area contributed by atoms with Gasteiger partial charge in [-0.25, -0.2) is 19.9 Å². The van der Waals surface area contributed by atoms with E-state index >= 15 is 0 Å². The highest BCUT2D eigenvalue weighted by molar-refractivity contribution is 7.26. The van der Waals surface area contributed by atoms with Crippen LogP contribution in [-0.4, -0.2) is 50.0 Å². The highest BCUT2D eigenvalue weighted by atomic mass is 32.1. The van der Waals surface area contributed by atoms with Crippen molar-refractivity contribution < 1.29 is 25.5 Å². The molecule has 0 saturated carbocycles. The summed E-state index contributed by atoms with van der Waals surface area (Å²) >= 11 is 3.34. The summed E-state index contributed by atoms with van der Waals surface area (Å²) in [5.74, 6) is -2.77. The van der Waals surface area contributed by atoms with E-state index in [0.29, 0.717) is 23.0 Å². The molecule has 0 bridgehead atoms. The second-order valence-electron chi connectivity index (χ2n) is 15.4. The number of benzene rings is 8. The average molecular weight is 870 g/mol. The SMILES string of the molecule is Oc1c(O)c(O)c(-c2ccc3c(c2)c2ccccc2n3-c2cccc3sc4cccc(-c5nc(-c6ccccc6)nc(-c6ccc7sc(-c8ccccc8)nc7c6)n5)c4c23)c(O)c1O. The minimum atomic E-state index is -1.01. The molecule has 10 nitrogen and oxygen atoms in total. The number of thiophene rings is 1. The van der Waals surface area contributed by atoms with Crippen molar-refractivity contribution in [3.8, 4) is 90.3 Å². The first kappa shape index (κ1) is 37.4. The smallest absolute Gasteiger partial charge is 0.208 e. The van der Waals surface area contributed by atoms with Crippen LogP contribution in [0.1, 0.15) is 0 Å². The molecular formula is C52H31N5O5S2. The van der Waals surface area contributed by atoms with Crippen molar-refractivity contribution >= 4 is 74.9 Å². The number of fused-ring (bicyclic) bond motifs is 7. The van der Waals surface area contributed by atoms with Gasteiger partial charge in [-0.3, -0.25) is 0 Å². The predicted molar refractivity (Wildman–Crippen MR) is 256 cm³/mol. The van der Waals surface area contributed by atoms with Crippen molar-refractivity contribution in [1.82, 2.24) is 24.5 Å². The molecule has 4 aromatic heterocycles. The van der Waals surface area contributed by atoms with Crippen LogP contribution in [0.15, 0.2) is 158 Å². The summed E-state index contributed by atoms with van der Waals surface area (Å²) in [6, 6.07) is 52.1. The number of hydrogen-bond acceptors (Lipinski definition) is 11. The zero-order valence-electron chi connectivity index (χ0n) is 33.3. The molecule has 0 saturated heterocycles. The summed E-state index contributed by atoms with van der Waals surface area (Å²) in [7, 11) is 0. The molecule has 8 aromatic carbocycles. The minimum absolute atomic E-state index is 0.211. The molecule has 12 heteroatoms. The van der Waals surface area contributed by atoms with Crippen LogP contribution in [0, 0.1) is 0 Å². The van der Waals surface area contributed by atoms with E-state index in [4.69, 9.17) is 19.9 Å². The number of thiazole rings is 1. The molecule has 0 radical (unpaired) electrons. The molecule has 0 aliphatic rings. The fraction of sp³-hybridized carbons (Fsp3) is 0. The molecule has 4 heterocycles. The first-order valence-corrected chi connectivity index (χ1v) is 21.9. The maximum absolute atomic E-state index is 10.9. The van der Waals surface area contributed by atoms with Crippen LogP contribution in [-0.2, 0) is 0 Å². The van der Waals surface area contributed by atoms with E-state index in [0.717, 1.165) is 85.1 Å².